The minimum absolute atomic E-state index is 0.0956. The summed E-state index contributed by atoms with van der Waals surface area (Å²) in [7, 11) is 0. The molecule has 0 aromatic heterocycles. The first-order valence-corrected chi connectivity index (χ1v) is 12.6. The van der Waals surface area contributed by atoms with Gasteiger partial charge in [0.1, 0.15) is 0 Å². The predicted molar refractivity (Wildman–Crippen MR) is 126 cm³/mol. The van der Waals surface area contributed by atoms with E-state index in [2.05, 4.69) is 53.2 Å². The minimum atomic E-state index is -5.08. The number of aryl methyl sites for hydroxylation is 1. The van der Waals surface area contributed by atoms with Crippen LogP contribution in [0.5, 0.6) is 0 Å². The Bertz CT molecular complexity index is 999. The van der Waals surface area contributed by atoms with Gasteiger partial charge < -0.3 is 20.2 Å². The lowest BCUT2D eigenvalue weighted by Gasteiger charge is -2.43. The smallest absolute Gasteiger partial charge is 0.475 e. The lowest BCUT2D eigenvalue weighted by atomic mass is 9.75. The van der Waals surface area contributed by atoms with Gasteiger partial charge in [-0.15, -0.1) is 0 Å². The number of hydrogen-bond acceptors (Lipinski definition) is 4. The predicted octanol–water partition coefficient (Wildman–Crippen LogP) is 3.11. The lowest BCUT2D eigenvalue weighted by Crippen LogP contribution is -2.57. The third kappa shape index (κ3) is 4.96. The summed E-state index contributed by atoms with van der Waals surface area (Å²) < 4.78 is 31.7. The van der Waals surface area contributed by atoms with Gasteiger partial charge in [-0.3, -0.25) is 9.59 Å². The molecule has 0 radical (unpaired) electrons. The second kappa shape index (κ2) is 9.68. The molecule has 5 rings (SSSR count). The van der Waals surface area contributed by atoms with Crippen LogP contribution >= 0.6 is 0 Å². The SMILES string of the molecule is CCCN1C[C@H]2C(=O)NC3(CCN(C(=O)C4(c5ccc(C)cc5)CC4)CC3)[C@H]2C1.O=C(O)C(F)(F)F. The highest BCUT2D eigenvalue weighted by Crippen LogP contribution is 2.51. The Morgan fingerprint density at radius 3 is 2.17 bits per heavy atom. The number of carbonyl (C=O) groups excluding carboxylic acids is 2. The number of nitrogens with one attached hydrogen (secondary N) is 1. The number of rotatable bonds is 4. The third-order valence-electron chi connectivity index (χ3n) is 8.30. The maximum atomic E-state index is 13.4. The van der Waals surface area contributed by atoms with Gasteiger partial charge in [-0.2, -0.15) is 13.2 Å². The highest BCUT2D eigenvalue weighted by atomic mass is 19.4. The maximum absolute atomic E-state index is 13.4. The van der Waals surface area contributed by atoms with Crippen molar-refractivity contribution in [3.05, 3.63) is 35.4 Å². The molecule has 2 atom stereocenters. The molecule has 10 heteroatoms. The average molecular weight is 510 g/mol. The third-order valence-corrected chi connectivity index (χ3v) is 8.30. The van der Waals surface area contributed by atoms with E-state index in [-0.39, 0.29) is 22.8 Å². The highest BCUT2D eigenvalue weighted by molar-refractivity contribution is 5.91. The van der Waals surface area contributed by atoms with Gasteiger partial charge in [0.2, 0.25) is 11.8 Å². The van der Waals surface area contributed by atoms with Crippen molar-refractivity contribution in [2.75, 3.05) is 32.7 Å². The average Bonchev–Trinajstić information content (AvgIpc) is 3.46. The van der Waals surface area contributed by atoms with Crippen LogP contribution in [0.2, 0.25) is 0 Å². The van der Waals surface area contributed by atoms with E-state index in [4.69, 9.17) is 9.90 Å². The van der Waals surface area contributed by atoms with Crippen molar-refractivity contribution in [1.82, 2.24) is 15.1 Å². The summed E-state index contributed by atoms with van der Waals surface area (Å²) in [4.78, 5) is 39.5. The van der Waals surface area contributed by atoms with Crippen molar-refractivity contribution in [2.45, 2.75) is 63.1 Å². The van der Waals surface area contributed by atoms with Crippen molar-refractivity contribution in [3.63, 3.8) is 0 Å². The molecule has 4 fully saturated rings. The number of aliphatic carboxylic acids is 1. The van der Waals surface area contributed by atoms with E-state index in [0.29, 0.717) is 11.8 Å². The molecule has 1 aromatic carbocycles. The summed E-state index contributed by atoms with van der Waals surface area (Å²) in [5, 5.41) is 10.5. The van der Waals surface area contributed by atoms with Crippen LogP contribution in [0.4, 0.5) is 13.2 Å². The number of nitrogens with zero attached hydrogens (tertiary/aromatic N) is 2. The van der Waals surface area contributed by atoms with Crippen LogP contribution in [0.1, 0.15) is 50.2 Å². The Labute approximate surface area is 209 Å². The molecule has 0 unspecified atom stereocenters. The van der Waals surface area contributed by atoms with Crippen LogP contribution in [-0.4, -0.2) is 77.1 Å². The van der Waals surface area contributed by atoms with Crippen LogP contribution in [0.15, 0.2) is 24.3 Å². The highest BCUT2D eigenvalue weighted by Gasteiger charge is 2.59. The van der Waals surface area contributed by atoms with E-state index >= 15 is 0 Å². The van der Waals surface area contributed by atoms with Gasteiger partial charge in [0.05, 0.1) is 11.3 Å². The lowest BCUT2D eigenvalue weighted by molar-refractivity contribution is -0.192. The zero-order valence-electron chi connectivity index (χ0n) is 20.7. The minimum Gasteiger partial charge on any atom is -0.475 e. The summed E-state index contributed by atoms with van der Waals surface area (Å²) >= 11 is 0. The Morgan fingerprint density at radius 2 is 1.67 bits per heavy atom. The van der Waals surface area contributed by atoms with Crippen molar-refractivity contribution in [1.29, 1.82) is 0 Å². The molecule has 198 valence electrons. The second-order valence-corrected chi connectivity index (χ2v) is 10.7. The zero-order valence-corrected chi connectivity index (χ0v) is 20.7. The molecule has 36 heavy (non-hydrogen) atoms. The van der Waals surface area contributed by atoms with Crippen molar-refractivity contribution >= 4 is 17.8 Å². The number of benzene rings is 1. The molecule has 4 aliphatic rings. The van der Waals surface area contributed by atoms with E-state index < -0.39 is 12.1 Å². The topological polar surface area (TPSA) is 90.0 Å². The number of fused-ring (bicyclic) bond motifs is 2. The maximum Gasteiger partial charge on any atom is 0.490 e. The van der Waals surface area contributed by atoms with E-state index in [1.54, 1.807) is 0 Å². The molecule has 1 saturated carbocycles. The fourth-order valence-electron chi connectivity index (χ4n) is 6.17. The number of carbonyl (C=O) groups is 3. The van der Waals surface area contributed by atoms with Gasteiger partial charge in [0.25, 0.3) is 0 Å². The monoisotopic (exact) mass is 509 g/mol. The van der Waals surface area contributed by atoms with Crippen LogP contribution in [0.3, 0.4) is 0 Å². The molecule has 7 nitrogen and oxygen atoms in total. The van der Waals surface area contributed by atoms with Gasteiger partial charge in [0.15, 0.2) is 0 Å². The van der Waals surface area contributed by atoms with Gasteiger partial charge >= 0.3 is 12.1 Å². The van der Waals surface area contributed by atoms with Crippen LogP contribution < -0.4 is 5.32 Å². The van der Waals surface area contributed by atoms with Gasteiger partial charge in [0, 0.05) is 37.6 Å². The molecule has 1 aliphatic carbocycles. The first-order chi connectivity index (χ1) is 16.9. The molecule has 1 spiro atoms. The standard InChI is InChI=1S/C24H33N3O2.C2HF3O2/c1-3-12-26-15-19-20(16-26)24(25-21(19)28)10-13-27(14-11-24)22(29)23(8-9-23)18-6-4-17(2)5-7-18;3-2(4,5)1(6)7/h4-7,19-20H,3,8-16H2,1-2H3,(H,25,28);(H,6,7)/t19-,20+;/m1./s1. The number of alkyl halides is 3. The van der Waals surface area contributed by atoms with Crippen molar-refractivity contribution in [3.8, 4) is 0 Å². The Hall–Kier alpha value is -2.62. The fourth-order valence-corrected chi connectivity index (χ4v) is 6.17. The van der Waals surface area contributed by atoms with Crippen molar-refractivity contribution < 1.29 is 32.7 Å². The van der Waals surface area contributed by atoms with Crippen LogP contribution in [-0.2, 0) is 19.8 Å². The number of likely N-dealkylation sites (tertiary alicyclic amines) is 2. The molecular weight excluding hydrogens is 475 g/mol. The van der Waals surface area contributed by atoms with E-state index in [0.717, 1.165) is 64.8 Å². The number of hydrogen-bond donors (Lipinski definition) is 2. The zero-order chi connectivity index (χ0) is 26.3. The largest absolute Gasteiger partial charge is 0.490 e. The van der Waals surface area contributed by atoms with Gasteiger partial charge in [-0.05, 0) is 51.1 Å². The van der Waals surface area contributed by atoms with Gasteiger partial charge in [-0.1, -0.05) is 36.8 Å². The number of piperidine rings is 1. The quantitative estimate of drug-likeness (QED) is 0.651. The first kappa shape index (κ1) is 26.4. The summed E-state index contributed by atoms with van der Waals surface area (Å²) in [6.45, 7) is 8.84. The Kier molecular flexibility index (Phi) is 7.11. The molecule has 3 saturated heterocycles. The summed E-state index contributed by atoms with van der Waals surface area (Å²) in [6.07, 6.45) is -0.226. The first-order valence-electron chi connectivity index (χ1n) is 12.6. The molecular formula is C26H34F3N3O4. The van der Waals surface area contributed by atoms with Crippen LogP contribution in [0.25, 0.3) is 0 Å². The normalized spacial score (nSPS) is 26.1. The molecule has 1 aromatic rings. The summed E-state index contributed by atoms with van der Waals surface area (Å²) in [6, 6.07) is 8.50. The molecule has 2 amide bonds. The Morgan fingerprint density at radius 1 is 1.08 bits per heavy atom. The molecule has 3 heterocycles. The second-order valence-electron chi connectivity index (χ2n) is 10.7. The molecule has 3 aliphatic heterocycles. The summed E-state index contributed by atoms with van der Waals surface area (Å²) in [5.41, 5.74) is 2.03. The van der Waals surface area contributed by atoms with E-state index in [1.807, 2.05) is 0 Å². The number of amides is 2. The molecule has 2 N–H and O–H groups in total. The summed E-state index contributed by atoms with van der Waals surface area (Å²) in [5.74, 6) is -1.66. The fraction of sp³-hybridized carbons (Fsp3) is 0.654. The molecule has 0 bridgehead atoms. The number of carboxylic acids is 1. The van der Waals surface area contributed by atoms with E-state index in [1.165, 1.54) is 11.1 Å². The van der Waals surface area contributed by atoms with Crippen LogP contribution in [0, 0.1) is 18.8 Å². The Balaban J connectivity index is 0.000000384. The van der Waals surface area contributed by atoms with E-state index in [9.17, 15) is 22.8 Å². The number of halogens is 3. The van der Waals surface area contributed by atoms with Gasteiger partial charge in [-0.25, -0.2) is 4.79 Å². The van der Waals surface area contributed by atoms with Crippen molar-refractivity contribution in [2.24, 2.45) is 11.8 Å². The number of carboxylic acid groups (broad SMARTS) is 1.